The lowest BCUT2D eigenvalue weighted by atomic mass is 10.1. The Morgan fingerprint density at radius 2 is 1.67 bits per heavy atom. The first kappa shape index (κ1) is 17.0. The number of carbonyl (C=O) groups excluding carboxylic acids is 1. The van der Waals surface area contributed by atoms with Gasteiger partial charge >= 0.3 is 0 Å². The van der Waals surface area contributed by atoms with Crippen LogP contribution in [0.2, 0.25) is 0 Å². The van der Waals surface area contributed by atoms with Gasteiger partial charge in [0.05, 0.1) is 0 Å². The van der Waals surface area contributed by atoms with Gasteiger partial charge in [0.1, 0.15) is 23.0 Å². The van der Waals surface area contributed by atoms with Gasteiger partial charge < -0.3 is 5.32 Å². The summed E-state index contributed by atoms with van der Waals surface area (Å²) in [4.78, 5) is 17.4. The summed E-state index contributed by atoms with van der Waals surface area (Å²) < 4.78 is 15.2. The average molecular weight is 359 g/mol. The second-order valence-corrected chi connectivity index (χ2v) is 6.57. The van der Waals surface area contributed by atoms with E-state index < -0.39 is 0 Å². The maximum absolute atomic E-state index is 13.3. The molecule has 2 heterocycles. The highest BCUT2D eigenvalue weighted by Crippen LogP contribution is 2.29. The third-order valence-corrected chi connectivity index (χ3v) is 4.44. The number of benzene rings is 2. The Balaban J connectivity index is 1.82. The summed E-state index contributed by atoms with van der Waals surface area (Å²) in [5, 5.41) is 2.97. The van der Waals surface area contributed by atoms with Crippen LogP contribution in [0, 0.1) is 19.7 Å². The maximum Gasteiger partial charge on any atom is 0.256 e. The van der Waals surface area contributed by atoms with E-state index in [0.29, 0.717) is 22.7 Å². The molecule has 0 aliphatic heterocycles. The van der Waals surface area contributed by atoms with E-state index in [1.807, 2.05) is 48.7 Å². The van der Waals surface area contributed by atoms with Crippen molar-refractivity contribution >= 4 is 17.4 Å². The third-order valence-electron chi connectivity index (χ3n) is 4.44. The first-order valence-corrected chi connectivity index (χ1v) is 8.64. The lowest BCUT2D eigenvalue weighted by Crippen LogP contribution is -2.14. The van der Waals surface area contributed by atoms with Crippen molar-refractivity contribution in [2.45, 2.75) is 13.8 Å². The molecule has 4 rings (SSSR count). The highest BCUT2D eigenvalue weighted by Gasteiger charge is 2.17. The van der Waals surface area contributed by atoms with Crippen molar-refractivity contribution in [2.24, 2.45) is 0 Å². The molecule has 2 aromatic heterocycles. The van der Waals surface area contributed by atoms with E-state index in [2.05, 4.69) is 10.3 Å². The number of halogens is 1. The number of fused-ring (bicyclic) bond motifs is 1. The fraction of sp³-hybridized carbons (Fsp3) is 0.0909. The molecule has 0 unspecified atom stereocenters. The van der Waals surface area contributed by atoms with Crippen LogP contribution in [0.4, 0.5) is 10.2 Å². The van der Waals surface area contributed by atoms with Crippen LogP contribution in [0.3, 0.4) is 0 Å². The van der Waals surface area contributed by atoms with Crippen LogP contribution in [0.1, 0.15) is 21.5 Å². The van der Waals surface area contributed by atoms with Crippen molar-refractivity contribution in [3.63, 3.8) is 0 Å². The van der Waals surface area contributed by atoms with Crippen LogP contribution in [0.25, 0.3) is 16.9 Å². The molecule has 0 radical (unpaired) electrons. The number of aromatic nitrogens is 2. The van der Waals surface area contributed by atoms with E-state index in [-0.39, 0.29) is 11.7 Å². The van der Waals surface area contributed by atoms with E-state index in [1.165, 1.54) is 12.1 Å². The number of imidazole rings is 1. The molecule has 134 valence electrons. The molecular weight excluding hydrogens is 341 g/mol. The van der Waals surface area contributed by atoms with Gasteiger partial charge in [0, 0.05) is 17.3 Å². The highest BCUT2D eigenvalue weighted by atomic mass is 19.1. The number of anilines is 1. The topological polar surface area (TPSA) is 46.4 Å². The Bertz CT molecular complexity index is 1130. The Kier molecular flexibility index (Phi) is 4.20. The van der Waals surface area contributed by atoms with Crippen molar-refractivity contribution in [1.29, 1.82) is 0 Å². The van der Waals surface area contributed by atoms with Crippen LogP contribution in [0.15, 0.2) is 66.9 Å². The summed E-state index contributed by atoms with van der Waals surface area (Å²) in [7, 11) is 0. The van der Waals surface area contributed by atoms with Gasteiger partial charge in [-0.2, -0.15) is 0 Å². The van der Waals surface area contributed by atoms with Crippen LogP contribution < -0.4 is 5.32 Å². The third kappa shape index (κ3) is 3.31. The van der Waals surface area contributed by atoms with Crippen molar-refractivity contribution in [2.75, 3.05) is 5.32 Å². The molecule has 4 aromatic rings. The van der Waals surface area contributed by atoms with Gasteiger partial charge in [-0.3, -0.25) is 9.20 Å². The van der Waals surface area contributed by atoms with Crippen LogP contribution >= 0.6 is 0 Å². The number of hydrogen-bond acceptors (Lipinski definition) is 2. The first-order chi connectivity index (χ1) is 13.0. The number of pyridine rings is 1. The van der Waals surface area contributed by atoms with Crippen molar-refractivity contribution in [3.8, 4) is 11.3 Å². The minimum Gasteiger partial charge on any atom is -0.306 e. The Hall–Kier alpha value is -3.47. The summed E-state index contributed by atoms with van der Waals surface area (Å²) >= 11 is 0. The van der Waals surface area contributed by atoms with Crippen molar-refractivity contribution in [1.82, 2.24) is 9.38 Å². The zero-order valence-electron chi connectivity index (χ0n) is 15.0. The summed E-state index contributed by atoms with van der Waals surface area (Å²) in [6.07, 6.45) is 1.87. The summed E-state index contributed by atoms with van der Waals surface area (Å²) in [5.74, 6) is 0.0199. The van der Waals surface area contributed by atoms with Gasteiger partial charge in [-0.1, -0.05) is 17.7 Å². The van der Waals surface area contributed by atoms with E-state index in [9.17, 15) is 9.18 Å². The summed E-state index contributed by atoms with van der Waals surface area (Å²) in [5.41, 5.74) is 4.76. The Morgan fingerprint density at radius 1 is 0.963 bits per heavy atom. The minimum absolute atomic E-state index is 0.222. The average Bonchev–Trinajstić information content (AvgIpc) is 3.00. The molecule has 1 N–H and O–H groups in total. The van der Waals surface area contributed by atoms with Crippen LogP contribution in [-0.4, -0.2) is 15.3 Å². The molecule has 27 heavy (non-hydrogen) atoms. The van der Waals surface area contributed by atoms with Crippen LogP contribution in [0.5, 0.6) is 0 Å². The van der Waals surface area contributed by atoms with E-state index in [1.54, 1.807) is 24.3 Å². The molecule has 0 aliphatic rings. The Labute approximate surface area is 156 Å². The second kappa shape index (κ2) is 6.68. The monoisotopic (exact) mass is 359 g/mol. The van der Waals surface area contributed by atoms with Gasteiger partial charge in [-0.05, 0) is 67.9 Å². The van der Waals surface area contributed by atoms with Crippen molar-refractivity contribution in [3.05, 3.63) is 89.4 Å². The Morgan fingerprint density at radius 3 is 2.37 bits per heavy atom. The molecule has 0 spiro atoms. The SMILES string of the molecule is Cc1ccc(C(=O)Nc2c(-c3ccc(F)cc3)nc3cc(C)ccn23)cc1. The number of nitrogens with zero attached hydrogens (tertiary/aromatic N) is 2. The zero-order valence-corrected chi connectivity index (χ0v) is 15.0. The molecule has 0 saturated carbocycles. The van der Waals surface area contributed by atoms with Gasteiger partial charge in [0.25, 0.3) is 5.91 Å². The van der Waals surface area contributed by atoms with Gasteiger partial charge in [0.2, 0.25) is 0 Å². The first-order valence-electron chi connectivity index (χ1n) is 8.64. The van der Waals surface area contributed by atoms with E-state index in [4.69, 9.17) is 0 Å². The summed E-state index contributed by atoms with van der Waals surface area (Å²) in [6.45, 7) is 3.96. The number of nitrogens with one attached hydrogen (secondary N) is 1. The molecule has 0 saturated heterocycles. The molecule has 2 aromatic carbocycles. The largest absolute Gasteiger partial charge is 0.306 e. The van der Waals surface area contributed by atoms with Crippen LogP contribution in [-0.2, 0) is 0 Å². The molecule has 0 atom stereocenters. The van der Waals surface area contributed by atoms with E-state index >= 15 is 0 Å². The number of hydrogen-bond donors (Lipinski definition) is 1. The predicted octanol–water partition coefficient (Wildman–Crippen LogP) is 5.01. The molecular formula is C22H18FN3O. The molecule has 5 heteroatoms. The fourth-order valence-corrected chi connectivity index (χ4v) is 2.96. The van der Waals surface area contributed by atoms with Gasteiger partial charge in [-0.25, -0.2) is 9.37 Å². The summed E-state index contributed by atoms with van der Waals surface area (Å²) in [6, 6.07) is 17.3. The molecule has 0 bridgehead atoms. The molecule has 1 amide bonds. The fourth-order valence-electron chi connectivity index (χ4n) is 2.96. The normalized spacial score (nSPS) is 10.9. The van der Waals surface area contributed by atoms with Gasteiger partial charge in [-0.15, -0.1) is 0 Å². The smallest absolute Gasteiger partial charge is 0.256 e. The minimum atomic E-state index is -0.316. The predicted molar refractivity (Wildman–Crippen MR) is 104 cm³/mol. The molecule has 0 aliphatic carbocycles. The molecule has 0 fully saturated rings. The quantitative estimate of drug-likeness (QED) is 0.559. The highest BCUT2D eigenvalue weighted by molar-refractivity contribution is 6.05. The number of carbonyl (C=O) groups is 1. The van der Waals surface area contributed by atoms with E-state index in [0.717, 1.165) is 16.7 Å². The maximum atomic E-state index is 13.3. The zero-order chi connectivity index (χ0) is 19.0. The molecule has 4 nitrogen and oxygen atoms in total. The van der Waals surface area contributed by atoms with Gasteiger partial charge in [0.15, 0.2) is 0 Å². The lowest BCUT2D eigenvalue weighted by Gasteiger charge is -2.08. The lowest BCUT2D eigenvalue weighted by molar-refractivity contribution is 0.102. The number of aryl methyl sites for hydroxylation is 2. The second-order valence-electron chi connectivity index (χ2n) is 6.57. The number of amides is 1. The van der Waals surface area contributed by atoms with Crippen molar-refractivity contribution < 1.29 is 9.18 Å². The standard InChI is InChI=1S/C22H18FN3O/c1-14-3-5-17(6-4-14)22(27)25-21-20(16-7-9-18(23)10-8-16)24-19-13-15(2)11-12-26(19)21/h3-13H,1-2H3,(H,25,27). The number of rotatable bonds is 3.